The minimum absolute atomic E-state index is 0.300. The monoisotopic (exact) mass is 804 g/mol. The normalized spacial score (nSPS) is 12.2. The van der Waals surface area contributed by atoms with Crippen LogP contribution in [0.3, 0.4) is 0 Å². The Kier molecular flexibility index (Phi) is 16.4. The van der Waals surface area contributed by atoms with Crippen molar-refractivity contribution in [3.63, 3.8) is 0 Å². The van der Waals surface area contributed by atoms with Gasteiger partial charge in [-0.1, -0.05) is 48.6 Å². The van der Waals surface area contributed by atoms with Crippen molar-refractivity contribution in [2.45, 2.75) is 41.5 Å². The van der Waals surface area contributed by atoms with Crippen molar-refractivity contribution in [2.24, 2.45) is 0 Å². The van der Waals surface area contributed by atoms with Crippen LogP contribution in [-0.4, -0.2) is 107 Å². The van der Waals surface area contributed by atoms with Gasteiger partial charge in [0.2, 0.25) is 0 Å². The van der Waals surface area contributed by atoms with E-state index in [4.69, 9.17) is 36.0 Å². The van der Waals surface area contributed by atoms with Gasteiger partial charge in [-0.15, -0.1) is 0 Å². The summed E-state index contributed by atoms with van der Waals surface area (Å²) in [6, 6.07) is 19.3. The quantitative estimate of drug-likeness (QED) is 0.0852. The van der Waals surface area contributed by atoms with Gasteiger partial charge in [0.1, 0.15) is 11.5 Å². The molecule has 0 saturated carbocycles. The molecule has 12 nitrogen and oxygen atoms in total. The van der Waals surface area contributed by atoms with Crippen LogP contribution in [0.5, 0.6) is 11.5 Å². The third-order valence-electron chi connectivity index (χ3n) is 8.42. The lowest BCUT2D eigenvalue weighted by molar-refractivity contribution is 0.0837. The van der Waals surface area contributed by atoms with E-state index in [0.29, 0.717) is 62.3 Å². The largest absolute Gasteiger partial charge is 0.529 e. The fourth-order valence-electron chi connectivity index (χ4n) is 6.06. The zero-order valence-corrected chi connectivity index (χ0v) is 36.3. The lowest BCUT2D eigenvalue weighted by Gasteiger charge is -2.25. The molecular formula is C42H56N2O10Si2. The lowest BCUT2D eigenvalue weighted by atomic mass is 9.91. The third-order valence-corrected chi connectivity index (χ3v) is 13.7. The Bertz CT molecular complexity index is 1840. The van der Waals surface area contributed by atoms with Gasteiger partial charge < -0.3 is 45.8 Å². The Morgan fingerprint density at radius 3 is 1.11 bits per heavy atom. The maximum Gasteiger partial charge on any atom is 0.529 e. The van der Waals surface area contributed by atoms with Gasteiger partial charge in [-0.3, -0.25) is 0 Å². The summed E-state index contributed by atoms with van der Waals surface area (Å²) in [5, 5.41) is 3.25. The molecule has 0 fully saturated rings. The van der Waals surface area contributed by atoms with Crippen molar-refractivity contribution in [3.8, 4) is 22.6 Å². The summed E-state index contributed by atoms with van der Waals surface area (Å²) in [5.41, 5.74) is 6.74. The molecule has 0 radical (unpaired) electrons. The van der Waals surface area contributed by atoms with Gasteiger partial charge in [0.05, 0.1) is 0 Å². The smallest absolute Gasteiger partial charge is 0.410 e. The summed E-state index contributed by atoms with van der Waals surface area (Å²) in [7, 11) is 0.354. The van der Waals surface area contributed by atoms with E-state index >= 15 is 0 Å². The third kappa shape index (κ3) is 10.9. The van der Waals surface area contributed by atoms with Gasteiger partial charge in [0.25, 0.3) is 0 Å². The molecule has 302 valence electrons. The van der Waals surface area contributed by atoms with E-state index in [1.54, 1.807) is 40.3 Å². The number of carbonyl (C=O) groups is 2. The first-order valence-corrected chi connectivity index (χ1v) is 22.6. The van der Waals surface area contributed by atoms with Crippen LogP contribution in [0.15, 0.2) is 72.1 Å². The molecule has 0 saturated heterocycles. The van der Waals surface area contributed by atoms with Gasteiger partial charge in [0.15, 0.2) is 0 Å². The van der Waals surface area contributed by atoms with Crippen LogP contribution in [0.4, 0.5) is 9.59 Å². The molecule has 0 heterocycles. The molecule has 0 unspecified atom stereocenters. The highest BCUT2D eigenvalue weighted by atomic mass is 28.4. The van der Waals surface area contributed by atoms with Crippen LogP contribution < -0.4 is 9.47 Å². The van der Waals surface area contributed by atoms with Gasteiger partial charge >= 0.3 is 29.8 Å². The van der Waals surface area contributed by atoms with Crippen LogP contribution in [0.2, 0.25) is 0 Å². The molecule has 0 atom stereocenters. The maximum absolute atomic E-state index is 13.1. The summed E-state index contributed by atoms with van der Waals surface area (Å²) in [6.45, 7) is 14.2. The molecule has 0 bridgehead atoms. The van der Waals surface area contributed by atoms with Crippen LogP contribution >= 0.6 is 0 Å². The van der Waals surface area contributed by atoms with Crippen LogP contribution in [0.25, 0.3) is 44.8 Å². The zero-order chi connectivity index (χ0) is 40.9. The van der Waals surface area contributed by atoms with Gasteiger partial charge in [-0.05, 0) is 110 Å². The first-order valence-electron chi connectivity index (χ1n) is 19.0. The standard InChI is InChI=1S/C42H56N2O10Si2/c1-11-47-55(48-12-2,49-13-3)27-25-31-17-21-35-33(29-31)19-23-37(53-41(45)43(7)8)39(35)40-36-22-18-32(26-28-56(50-14-4,51-15-5)52-16-6)30-34(36)20-24-38(40)54-42(46)44(9)10/h17-30H,11-16H2,1-10H3/b27-25+,28-26+. The van der Waals surface area contributed by atoms with E-state index < -0.39 is 29.8 Å². The maximum atomic E-state index is 13.1. The number of nitrogens with zero attached hydrogens (tertiary/aromatic N) is 2. The second kappa shape index (κ2) is 20.7. The average molecular weight is 805 g/mol. The fraction of sp³-hybridized carbons (Fsp3) is 0.381. The highest BCUT2D eigenvalue weighted by molar-refractivity contribution is 6.67. The second-order valence-electron chi connectivity index (χ2n) is 12.8. The SMILES string of the molecule is CCO[Si](/C=C/c1ccc2c(-c3c(OC(=O)N(C)C)ccc4cc(/C=C/[Si](OCC)(OCC)OCC)ccc34)c(OC(=O)N(C)C)ccc2c1)(OCC)OCC. The van der Waals surface area contributed by atoms with E-state index in [9.17, 15) is 9.59 Å². The predicted octanol–water partition coefficient (Wildman–Crippen LogP) is 8.98. The van der Waals surface area contributed by atoms with Gasteiger partial charge in [0, 0.05) is 79.0 Å². The lowest BCUT2D eigenvalue weighted by Crippen LogP contribution is -2.44. The minimum Gasteiger partial charge on any atom is -0.410 e. The first kappa shape index (κ1) is 44.3. The average Bonchev–Trinajstić information content (AvgIpc) is 3.17. The zero-order valence-electron chi connectivity index (χ0n) is 34.3. The van der Waals surface area contributed by atoms with Gasteiger partial charge in [-0.2, -0.15) is 0 Å². The molecule has 4 aromatic carbocycles. The predicted molar refractivity (Wildman–Crippen MR) is 226 cm³/mol. The summed E-state index contributed by atoms with van der Waals surface area (Å²) >= 11 is 0. The Balaban J connectivity index is 1.99. The van der Waals surface area contributed by atoms with E-state index in [2.05, 4.69) is 0 Å². The molecule has 4 aromatic rings. The second-order valence-corrected chi connectivity index (χ2v) is 17.6. The highest BCUT2D eigenvalue weighted by Crippen LogP contribution is 2.46. The number of benzene rings is 4. The van der Waals surface area contributed by atoms with E-state index in [1.807, 2.05) is 114 Å². The Morgan fingerprint density at radius 2 is 0.821 bits per heavy atom. The Labute approximate surface area is 333 Å². The number of rotatable bonds is 19. The van der Waals surface area contributed by atoms with E-state index in [-0.39, 0.29) is 0 Å². The molecule has 4 rings (SSSR count). The number of hydrogen-bond donors (Lipinski definition) is 0. The van der Waals surface area contributed by atoms with Crippen LogP contribution in [0.1, 0.15) is 52.7 Å². The fourth-order valence-corrected chi connectivity index (χ4v) is 10.3. The number of hydrogen-bond acceptors (Lipinski definition) is 10. The summed E-state index contributed by atoms with van der Waals surface area (Å²) in [5.74, 6) is 0.601. The summed E-state index contributed by atoms with van der Waals surface area (Å²) in [4.78, 5) is 28.9. The van der Waals surface area contributed by atoms with E-state index in [1.165, 1.54) is 9.80 Å². The van der Waals surface area contributed by atoms with Crippen molar-refractivity contribution in [3.05, 3.63) is 83.2 Å². The minimum atomic E-state index is -3.06. The molecule has 2 amide bonds. The van der Waals surface area contributed by atoms with Crippen molar-refractivity contribution in [2.75, 3.05) is 67.8 Å². The molecule has 0 aliphatic rings. The summed E-state index contributed by atoms with van der Waals surface area (Å²) < 4.78 is 48.3. The molecule has 14 heteroatoms. The number of fused-ring (bicyclic) bond motifs is 2. The molecule has 0 spiro atoms. The number of carbonyl (C=O) groups excluding carboxylic acids is 2. The van der Waals surface area contributed by atoms with Crippen molar-refractivity contribution in [1.29, 1.82) is 0 Å². The first-order chi connectivity index (χ1) is 26.9. The summed E-state index contributed by atoms with van der Waals surface area (Å²) in [6.07, 6.45) is 2.78. The number of ether oxygens (including phenoxy) is 2. The number of amides is 2. The molecule has 0 aliphatic heterocycles. The van der Waals surface area contributed by atoms with Gasteiger partial charge in [-0.25, -0.2) is 9.59 Å². The molecule has 0 aromatic heterocycles. The van der Waals surface area contributed by atoms with Crippen molar-refractivity contribution in [1.82, 2.24) is 9.80 Å². The van der Waals surface area contributed by atoms with E-state index in [0.717, 1.165) is 32.7 Å². The Morgan fingerprint density at radius 1 is 0.500 bits per heavy atom. The van der Waals surface area contributed by atoms with Crippen LogP contribution in [-0.2, 0) is 26.6 Å². The van der Waals surface area contributed by atoms with Crippen molar-refractivity contribution >= 4 is 63.5 Å². The van der Waals surface area contributed by atoms with Crippen molar-refractivity contribution < 1.29 is 45.6 Å². The van der Waals surface area contributed by atoms with Crippen LogP contribution in [0, 0.1) is 0 Å². The topological polar surface area (TPSA) is 114 Å². The Hall–Kier alpha value is -4.39. The highest BCUT2D eigenvalue weighted by Gasteiger charge is 2.38. The molecule has 56 heavy (non-hydrogen) atoms. The molecule has 0 N–H and O–H groups in total. The molecular weight excluding hydrogens is 749 g/mol. The molecule has 0 aliphatic carbocycles.